The number of guanidine groups is 1. The van der Waals surface area contributed by atoms with Gasteiger partial charge in [0.05, 0.1) is 6.10 Å². The van der Waals surface area contributed by atoms with Gasteiger partial charge in [-0.05, 0) is 62.4 Å². The van der Waals surface area contributed by atoms with Crippen LogP contribution in [0.5, 0.6) is 5.75 Å². The van der Waals surface area contributed by atoms with Crippen LogP contribution in [0.15, 0.2) is 46.8 Å². The Labute approximate surface area is 183 Å². The molecule has 30 heavy (non-hydrogen) atoms. The Kier molecular flexibility index (Phi) is 8.56. The third-order valence-corrected chi connectivity index (χ3v) is 5.72. The molecule has 7 heteroatoms. The highest BCUT2D eigenvalue weighted by Crippen LogP contribution is 2.17. The van der Waals surface area contributed by atoms with Gasteiger partial charge in [0.2, 0.25) is 5.91 Å². The average molecular weight is 429 g/mol. The molecular formula is C23H32N4O2S. The van der Waals surface area contributed by atoms with Crippen LogP contribution in [-0.2, 0) is 11.2 Å². The number of aliphatic imine (C=N–C) groups is 1. The van der Waals surface area contributed by atoms with E-state index < -0.39 is 0 Å². The zero-order chi connectivity index (χ0) is 21.2. The van der Waals surface area contributed by atoms with Gasteiger partial charge in [-0.3, -0.25) is 9.79 Å². The molecule has 0 spiro atoms. The third-order valence-electron chi connectivity index (χ3n) is 4.79. The number of hydrogen-bond acceptors (Lipinski definition) is 4. The summed E-state index contributed by atoms with van der Waals surface area (Å²) >= 11 is 1.75. The fourth-order valence-electron chi connectivity index (χ4n) is 3.31. The number of carbonyl (C=O) groups excluding carboxylic acids is 1. The summed E-state index contributed by atoms with van der Waals surface area (Å²) in [7, 11) is 0. The fraction of sp³-hybridized carbons (Fsp3) is 0.478. The van der Waals surface area contributed by atoms with E-state index in [4.69, 9.17) is 9.73 Å². The molecule has 1 amide bonds. The van der Waals surface area contributed by atoms with E-state index >= 15 is 0 Å². The Morgan fingerprint density at radius 1 is 1.20 bits per heavy atom. The Morgan fingerprint density at radius 2 is 1.97 bits per heavy atom. The zero-order valence-electron chi connectivity index (χ0n) is 17.9. The van der Waals surface area contributed by atoms with Crippen LogP contribution in [0.25, 0.3) is 0 Å². The standard InChI is InChI=1S/C23H32N4O2S/c1-18(2)29-20-9-7-19(8-10-20)26-23(24-13-11-21-6-5-17-30-21)25-14-12-22(28)27-15-3-4-16-27/h5-10,17-18H,3-4,11-16H2,1-2H3,(H2,24,25,26). The summed E-state index contributed by atoms with van der Waals surface area (Å²) in [5.74, 6) is 1.75. The van der Waals surface area contributed by atoms with E-state index in [0.717, 1.165) is 43.8 Å². The molecule has 1 aliphatic heterocycles. The van der Waals surface area contributed by atoms with Gasteiger partial charge in [-0.25, -0.2) is 0 Å². The number of anilines is 1. The number of rotatable bonds is 9. The molecule has 0 bridgehead atoms. The first-order valence-corrected chi connectivity index (χ1v) is 11.6. The molecular weight excluding hydrogens is 396 g/mol. The molecule has 162 valence electrons. The molecule has 3 rings (SSSR count). The van der Waals surface area contributed by atoms with Gasteiger partial charge in [-0.15, -0.1) is 11.3 Å². The molecule has 1 aromatic heterocycles. The summed E-state index contributed by atoms with van der Waals surface area (Å²) in [5.41, 5.74) is 0.930. The molecule has 0 aliphatic carbocycles. The van der Waals surface area contributed by atoms with E-state index in [2.05, 4.69) is 28.1 Å². The van der Waals surface area contributed by atoms with Crippen LogP contribution in [-0.4, -0.2) is 49.0 Å². The minimum Gasteiger partial charge on any atom is -0.491 e. The predicted molar refractivity (Wildman–Crippen MR) is 125 cm³/mol. The van der Waals surface area contributed by atoms with Gasteiger partial charge in [0, 0.05) is 49.6 Å². The van der Waals surface area contributed by atoms with E-state index in [1.165, 1.54) is 4.88 Å². The number of nitrogens with one attached hydrogen (secondary N) is 2. The lowest BCUT2D eigenvalue weighted by molar-refractivity contribution is -0.129. The van der Waals surface area contributed by atoms with Gasteiger partial charge in [0.1, 0.15) is 5.75 Å². The Hall–Kier alpha value is -2.54. The van der Waals surface area contributed by atoms with E-state index in [1.807, 2.05) is 43.0 Å². The highest BCUT2D eigenvalue weighted by Gasteiger charge is 2.17. The molecule has 1 aliphatic rings. The quantitative estimate of drug-likeness (QED) is 0.465. The normalized spacial score (nSPS) is 14.2. The lowest BCUT2D eigenvalue weighted by atomic mass is 10.3. The van der Waals surface area contributed by atoms with E-state index in [-0.39, 0.29) is 12.0 Å². The smallest absolute Gasteiger partial charge is 0.224 e. The van der Waals surface area contributed by atoms with Crippen molar-refractivity contribution < 1.29 is 9.53 Å². The molecule has 0 saturated carbocycles. The molecule has 1 aromatic carbocycles. The number of benzene rings is 1. The second kappa shape index (κ2) is 11.6. The number of amides is 1. The topological polar surface area (TPSA) is 66.0 Å². The highest BCUT2D eigenvalue weighted by molar-refractivity contribution is 7.09. The van der Waals surface area contributed by atoms with E-state index in [0.29, 0.717) is 25.5 Å². The summed E-state index contributed by atoms with van der Waals surface area (Å²) in [6, 6.07) is 12.0. The Bertz CT molecular complexity index is 797. The maximum atomic E-state index is 12.3. The monoisotopic (exact) mass is 428 g/mol. The van der Waals surface area contributed by atoms with Gasteiger partial charge < -0.3 is 20.3 Å². The third kappa shape index (κ3) is 7.37. The maximum Gasteiger partial charge on any atom is 0.224 e. The van der Waals surface area contributed by atoms with Crippen molar-refractivity contribution in [3.8, 4) is 5.75 Å². The molecule has 0 unspecified atom stereocenters. The van der Waals surface area contributed by atoms with Gasteiger partial charge in [-0.2, -0.15) is 0 Å². The number of ether oxygens (including phenoxy) is 1. The first-order chi connectivity index (χ1) is 14.6. The second-order valence-electron chi connectivity index (χ2n) is 7.64. The number of thiophene rings is 1. The first kappa shape index (κ1) is 22.2. The summed E-state index contributed by atoms with van der Waals surface area (Å²) in [5, 5.41) is 8.74. The van der Waals surface area contributed by atoms with Gasteiger partial charge >= 0.3 is 0 Å². The van der Waals surface area contributed by atoms with Crippen LogP contribution in [0.3, 0.4) is 0 Å². The van der Waals surface area contributed by atoms with E-state index in [9.17, 15) is 4.79 Å². The summed E-state index contributed by atoms with van der Waals surface area (Å²) in [6.07, 6.45) is 3.76. The minimum atomic E-state index is 0.146. The summed E-state index contributed by atoms with van der Waals surface area (Å²) in [4.78, 5) is 20.3. The molecule has 2 aromatic rings. The number of hydrogen-bond donors (Lipinski definition) is 2. The van der Waals surface area contributed by atoms with Crippen molar-refractivity contribution in [2.75, 3.05) is 31.5 Å². The maximum absolute atomic E-state index is 12.3. The first-order valence-electron chi connectivity index (χ1n) is 10.7. The predicted octanol–water partition coefficient (Wildman–Crippen LogP) is 4.15. The lowest BCUT2D eigenvalue weighted by Crippen LogP contribution is -2.35. The minimum absolute atomic E-state index is 0.146. The van der Waals surface area contributed by atoms with Crippen molar-refractivity contribution in [3.63, 3.8) is 0 Å². The number of nitrogens with zero attached hydrogens (tertiary/aromatic N) is 2. The van der Waals surface area contributed by atoms with Gasteiger partial charge in [0.25, 0.3) is 0 Å². The Balaban J connectivity index is 1.55. The number of carbonyl (C=O) groups is 1. The SMILES string of the molecule is CC(C)Oc1ccc(NC(=NCCc2cccs2)NCCC(=O)N2CCCC2)cc1. The Morgan fingerprint density at radius 3 is 2.63 bits per heavy atom. The largest absolute Gasteiger partial charge is 0.491 e. The van der Waals surface area contributed by atoms with Gasteiger partial charge in [0.15, 0.2) is 5.96 Å². The van der Waals surface area contributed by atoms with Crippen molar-refractivity contribution >= 4 is 28.9 Å². The zero-order valence-corrected chi connectivity index (χ0v) is 18.7. The molecule has 6 nitrogen and oxygen atoms in total. The van der Waals surface area contributed by atoms with Crippen molar-refractivity contribution in [2.24, 2.45) is 4.99 Å². The van der Waals surface area contributed by atoms with Crippen LogP contribution >= 0.6 is 11.3 Å². The van der Waals surface area contributed by atoms with Crippen LogP contribution in [0.4, 0.5) is 5.69 Å². The van der Waals surface area contributed by atoms with Crippen molar-refractivity contribution in [1.29, 1.82) is 0 Å². The summed E-state index contributed by atoms with van der Waals surface area (Å²) < 4.78 is 5.71. The van der Waals surface area contributed by atoms with Crippen LogP contribution < -0.4 is 15.4 Å². The van der Waals surface area contributed by atoms with Crippen LogP contribution in [0.1, 0.15) is 38.0 Å². The van der Waals surface area contributed by atoms with Crippen molar-refractivity contribution in [1.82, 2.24) is 10.2 Å². The van der Waals surface area contributed by atoms with Crippen molar-refractivity contribution in [3.05, 3.63) is 46.7 Å². The van der Waals surface area contributed by atoms with Crippen LogP contribution in [0, 0.1) is 0 Å². The molecule has 2 heterocycles. The molecule has 1 saturated heterocycles. The van der Waals surface area contributed by atoms with Crippen molar-refractivity contribution in [2.45, 2.75) is 45.6 Å². The fourth-order valence-corrected chi connectivity index (χ4v) is 4.01. The number of likely N-dealkylation sites (tertiary alicyclic amines) is 1. The second-order valence-corrected chi connectivity index (χ2v) is 8.67. The van der Waals surface area contributed by atoms with Crippen LogP contribution in [0.2, 0.25) is 0 Å². The molecule has 2 N–H and O–H groups in total. The lowest BCUT2D eigenvalue weighted by Gasteiger charge is -2.17. The average Bonchev–Trinajstić information content (AvgIpc) is 3.43. The molecule has 0 radical (unpaired) electrons. The highest BCUT2D eigenvalue weighted by atomic mass is 32.1. The van der Waals surface area contributed by atoms with Gasteiger partial charge in [-0.1, -0.05) is 6.07 Å². The van der Waals surface area contributed by atoms with E-state index in [1.54, 1.807) is 11.3 Å². The molecule has 1 fully saturated rings. The molecule has 0 atom stereocenters. The summed E-state index contributed by atoms with van der Waals surface area (Å²) in [6.45, 7) is 7.06.